The Morgan fingerprint density at radius 1 is 1.62 bits per heavy atom. The zero-order chi connectivity index (χ0) is 11.9. The Bertz CT molecular complexity index is 579. The van der Waals surface area contributed by atoms with E-state index in [-0.39, 0.29) is 16.7 Å². The van der Waals surface area contributed by atoms with E-state index in [1.54, 1.807) is 13.1 Å². The standard InChI is InChI=1S/C9H8ClN3O3/c1-13-4-3-5(10)11-7(9(14)15)6(4)8(12-13)16-2/h3H,1-2H3,(H,14,15). The molecule has 0 fully saturated rings. The van der Waals surface area contributed by atoms with E-state index in [0.717, 1.165) is 0 Å². The number of aromatic carboxylic acids is 1. The summed E-state index contributed by atoms with van der Waals surface area (Å²) < 4.78 is 6.49. The highest BCUT2D eigenvalue weighted by atomic mass is 35.5. The van der Waals surface area contributed by atoms with Gasteiger partial charge in [0.1, 0.15) is 5.15 Å². The molecular weight excluding hydrogens is 234 g/mol. The molecule has 0 aliphatic carbocycles. The van der Waals surface area contributed by atoms with Crippen LogP contribution in [0, 0.1) is 0 Å². The molecule has 0 aliphatic heterocycles. The molecule has 2 aromatic rings. The van der Waals surface area contributed by atoms with Gasteiger partial charge in [-0.15, -0.1) is 5.10 Å². The van der Waals surface area contributed by atoms with Crippen LogP contribution in [0.25, 0.3) is 10.9 Å². The topological polar surface area (TPSA) is 77.2 Å². The van der Waals surface area contributed by atoms with Crippen molar-refractivity contribution in [2.24, 2.45) is 7.05 Å². The second-order valence-electron chi connectivity index (χ2n) is 3.13. The number of carbonyl (C=O) groups is 1. The number of hydrogen-bond acceptors (Lipinski definition) is 4. The molecule has 2 heterocycles. The van der Waals surface area contributed by atoms with E-state index in [1.807, 2.05) is 0 Å². The van der Waals surface area contributed by atoms with Crippen molar-refractivity contribution in [2.45, 2.75) is 0 Å². The molecule has 2 aromatic heterocycles. The number of pyridine rings is 1. The number of carboxylic acids is 1. The minimum atomic E-state index is -1.17. The number of halogens is 1. The van der Waals surface area contributed by atoms with Crippen LogP contribution >= 0.6 is 11.6 Å². The fourth-order valence-corrected chi connectivity index (χ4v) is 1.69. The highest BCUT2D eigenvalue weighted by Gasteiger charge is 2.20. The van der Waals surface area contributed by atoms with Crippen LogP contribution in [0.15, 0.2) is 6.07 Å². The lowest BCUT2D eigenvalue weighted by atomic mass is 10.2. The van der Waals surface area contributed by atoms with Gasteiger partial charge < -0.3 is 9.84 Å². The molecule has 0 spiro atoms. The van der Waals surface area contributed by atoms with Gasteiger partial charge in [0, 0.05) is 13.1 Å². The maximum atomic E-state index is 11.0. The third-order valence-corrected chi connectivity index (χ3v) is 2.36. The molecular formula is C9H8ClN3O3. The Morgan fingerprint density at radius 3 is 2.88 bits per heavy atom. The van der Waals surface area contributed by atoms with Crippen LogP contribution in [0.1, 0.15) is 10.5 Å². The number of carboxylic acid groups (broad SMARTS) is 1. The molecule has 6 nitrogen and oxygen atoms in total. The first-order valence-corrected chi connectivity index (χ1v) is 4.73. The van der Waals surface area contributed by atoms with E-state index in [4.69, 9.17) is 21.4 Å². The zero-order valence-electron chi connectivity index (χ0n) is 8.56. The summed E-state index contributed by atoms with van der Waals surface area (Å²) in [6.07, 6.45) is 0. The van der Waals surface area contributed by atoms with Crippen LogP contribution in [0.2, 0.25) is 5.15 Å². The van der Waals surface area contributed by atoms with Crippen molar-refractivity contribution in [3.63, 3.8) is 0 Å². The molecule has 0 aliphatic rings. The predicted molar refractivity (Wildman–Crippen MR) is 57.0 cm³/mol. The van der Waals surface area contributed by atoms with E-state index in [2.05, 4.69) is 10.1 Å². The second kappa shape index (κ2) is 3.64. The Balaban J connectivity index is 2.92. The molecule has 0 saturated carbocycles. The summed E-state index contributed by atoms with van der Waals surface area (Å²) in [5.74, 6) is -0.946. The average Bonchev–Trinajstić information content (AvgIpc) is 2.54. The smallest absolute Gasteiger partial charge is 0.355 e. The monoisotopic (exact) mass is 241 g/mol. The molecule has 1 N–H and O–H groups in total. The minimum Gasteiger partial charge on any atom is -0.479 e. The van der Waals surface area contributed by atoms with Gasteiger partial charge in [0.25, 0.3) is 0 Å². The van der Waals surface area contributed by atoms with Gasteiger partial charge >= 0.3 is 5.97 Å². The van der Waals surface area contributed by atoms with Gasteiger partial charge in [0.05, 0.1) is 18.0 Å². The molecule has 2 rings (SSSR count). The lowest BCUT2D eigenvalue weighted by Crippen LogP contribution is -2.02. The quantitative estimate of drug-likeness (QED) is 0.803. The number of rotatable bonds is 2. The summed E-state index contributed by atoms with van der Waals surface area (Å²) >= 11 is 5.74. The molecule has 84 valence electrons. The fourth-order valence-electron chi connectivity index (χ4n) is 1.51. The molecule has 0 bridgehead atoms. The average molecular weight is 242 g/mol. The number of methoxy groups -OCH3 is 1. The third-order valence-electron chi connectivity index (χ3n) is 2.17. The van der Waals surface area contributed by atoms with Gasteiger partial charge in [0.2, 0.25) is 5.88 Å². The van der Waals surface area contributed by atoms with Crippen LogP contribution in [0.4, 0.5) is 0 Å². The van der Waals surface area contributed by atoms with Crippen molar-refractivity contribution >= 4 is 28.5 Å². The summed E-state index contributed by atoms with van der Waals surface area (Å²) in [5.41, 5.74) is 0.404. The first kappa shape index (κ1) is 10.7. The van der Waals surface area contributed by atoms with Crippen molar-refractivity contribution < 1.29 is 14.6 Å². The van der Waals surface area contributed by atoms with Crippen molar-refractivity contribution in [1.82, 2.24) is 14.8 Å². The van der Waals surface area contributed by atoms with Gasteiger partial charge in [0.15, 0.2) is 5.69 Å². The van der Waals surface area contributed by atoms with Gasteiger partial charge in [-0.2, -0.15) is 0 Å². The molecule has 0 radical (unpaired) electrons. The van der Waals surface area contributed by atoms with E-state index < -0.39 is 5.97 Å². The Morgan fingerprint density at radius 2 is 2.31 bits per heavy atom. The predicted octanol–water partition coefficient (Wildman–Crippen LogP) is 1.33. The van der Waals surface area contributed by atoms with Crippen molar-refractivity contribution in [3.05, 3.63) is 16.9 Å². The van der Waals surface area contributed by atoms with Crippen LogP contribution < -0.4 is 4.74 Å². The van der Waals surface area contributed by atoms with Crippen molar-refractivity contribution in [3.8, 4) is 5.88 Å². The van der Waals surface area contributed by atoms with E-state index in [1.165, 1.54) is 11.8 Å². The molecule has 0 saturated heterocycles. The van der Waals surface area contributed by atoms with Gasteiger partial charge in [-0.1, -0.05) is 11.6 Å². The highest BCUT2D eigenvalue weighted by molar-refractivity contribution is 6.30. The first-order chi connectivity index (χ1) is 7.54. The zero-order valence-corrected chi connectivity index (χ0v) is 9.32. The van der Waals surface area contributed by atoms with Crippen molar-refractivity contribution in [1.29, 1.82) is 0 Å². The SMILES string of the molecule is COc1nn(C)c2cc(Cl)nc(C(=O)O)c12. The number of ether oxygens (including phenoxy) is 1. The lowest BCUT2D eigenvalue weighted by Gasteiger charge is -2.00. The molecule has 7 heteroatoms. The van der Waals surface area contributed by atoms with Crippen LogP contribution in [0.3, 0.4) is 0 Å². The molecule has 0 atom stereocenters. The number of hydrogen-bond donors (Lipinski definition) is 1. The van der Waals surface area contributed by atoms with E-state index >= 15 is 0 Å². The summed E-state index contributed by atoms with van der Waals surface area (Å²) in [6, 6.07) is 1.54. The fraction of sp³-hybridized carbons (Fsp3) is 0.222. The Hall–Kier alpha value is -1.82. The van der Waals surface area contributed by atoms with Gasteiger partial charge in [-0.25, -0.2) is 9.78 Å². The summed E-state index contributed by atoms with van der Waals surface area (Å²) in [7, 11) is 3.09. The molecule has 0 unspecified atom stereocenters. The highest BCUT2D eigenvalue weighted by Crippen LogP contribution is 2.28. The van der Waals surface area contributed by atoms with Crippen LogP contribution in [-0.2, 0) is 7.05 Å². The molecule has 16 heavy (non-hydrogen) atoms. The van der Waals surface area contributed by atoms with E-state index in [9.17, 15) is 4.79 Å². The number of aromatic nitrogens is 3. The number of nitrogens with zero attached hydrogens (tertiary/aromatic N) is 3. The van der Waals surface area contributed by atoms with Gasteiger partial charge in [-0.3, -0.25) is 4.68 Å². The summed E-state index contributed by atoms with van der Waals surface area (Å²) in [4.78, 5) is 14.8. The van der Waals surface area contributed by atoms with Crippen molar-refractivity contribution in [2.75, 3.05) is 7.11 Å². The maximum absolute atomic E-state index is 11.0. The Kier molecular flexibility index (Phi) is 2.43. The largest absolute Gasteiger partial charge is 0.479 e. The van der Waals surface area contributed by atoms with Crippen LogP contribution in [-0.4, -0.2) is 33.0 Å². The minimum absolute atomic E-state index is 0.107. The number of fused-ring (bicyclic) bond motifs is 1. The number of aryl methyl sites for hydroxylation is 1. The third kappa shape index (κ3) is 1.47. The van der Waals surface area contributed by atoms with Crippen LogP contribution in [0.5, 0.6) is 5.88 Å². The molecule has 0 aromatic carbocycles. The molecule has 0 amide bonds. The summed E-state index contributed by atoms with van der Waals surface area (Å²) in [5, 5.41) is 13.5. The normalized spacial score (nSPS) is 10.7. The lowest BCUT2D eigenvalue weighted by molar-refractivity contribution is 0.0692. The second-order valence-corrected chi connectivity index (χ2v) is 3.51. The van der Waals surface area contributed by atoms with Gasteiger partial charge in [-0.05, 0) is 0 Å². The Labute approximate surface area is 95.4 Å². The first-order valence-electron chi connectivity index (χ1n) is 4.35. The maximum Gasteiger partial charge on any atom is 0.355 e. The summed E-state index contributed by atoms with van der Waals surface area (Å²) in [6.45, 7) is 0. The van der Waals surface area contributed by atoms with E-state index in [0.29, 0.717) is 10.9 Å².